The molecular weight excluding hydrogens is 474 g/mol. The number of nitrogens with one attached hydrogen (secondary N) is 2. The summed E-state index contributed by atoms with van der Waals surface area (Å²) in [5, 5.41) is 13.3. The molecule has 4 heterocycles. The highest BCUT2D eigenvalue weighted by Crippen LogP contribution is 2.30. The molecule has 2 aromatic carbocycles. The summed E-state index contributed by atoms with van der Waals surface area (Å²) >= 11 is 0. The highest BCUT2D eigenvalue weighted by Gasteiger charge is 2.39. The zero-order chi connectivity index (χ0) is 25.7. The molecule has 11 nitrogen and oxygen atoms in total. The normalized spacial score (nSPS) is 18.9. The van der Waals surface area contributed by atoms with E-state index in [1.807, 2.05) is 25.2 Å². The Bertz CT molecular complexity index is 1460. The Morgan fingerprint density at radius 3 is 2.78 bits per heavy atom. The summed E-state index contributed by atoms with van der Waals surface area (Å²) in [4.78, 5) is 53.2. The number of benzene rings is 2. The number of aryl methyl sites for hydroxylation is 1. The lowest BCUT2D eigenvalue weighted by Crippen LogP contribution is -2.52. The van der Waals surface area contributed by atoms with E-state index >= 15 is 0 Å². The smallest absolute Gasteiger partial charge is 0.277 e. The lowest BCUT2D eigenvalue weighted by Gasteiger charge is -2.29. The van der Waals surface area contributed by atoms with Gasteiger partial charge in [0.15, 0.2) is 5.69 Å². The van der Waals surface area contributed by atoms with Crippen molar-refractivity contribution in [2.24, 2.45) is 0 Å². The van der Waals surface area contributed by atoms with Gasteiger partial charge in [-0.25, -0.2) is 4.68 Å². The molecule has 4 amide bonds. The summed E-state index contributed by atoms with van der Waals surface area (Å²) in [5.41, 5.74) is 5.12. The number of imide groups is 1. The highest BCUT2D eigenvalue weighted by atomic mass is 16.2. The molecule has 1 unspecified atom stereocenters. The van der Waals surface area contributed by atoms with Crippen LogP contribution in [0.15, 0.2) is 42.6 Å². The zero-order valence-electron chi connectivity index (χ0n) is 20.2. The van der Waals surface area contributed by atoms with Crippen LogP contribution in [0.25, 0.3) is 5.69 Å². The van der Waals surface area contributed by atoms with Crippen LogP contribution in [0.2, 0.25) is 0 Å². The van der Waals surface area contributed by atoms with Crippen LogP contribution in [-0.2, 0) is 22.6 Å². The first-order chi connectivity index (χ1) is 17.9. The van der Waals surface area contributed by atoms with E-state index in [9.17, 15) is 19.2 Å². The van der Waals surface area contributed by atoms with E-state index in [0.29, 0.717) is 23.4 Å². The molecule has 1 atom stereocenters. The number of hydrogen-bond donors (Lipinski definition) is 2. The van der Waals surface area contributed by atoms with Crippen molar-refractivity contribution in [3.05, 3.63) is 65.0 Å². The fourth-order valence-electron chi connectivity index (χ4n) is 5.23. The Hall–Kier alpha value is -4.54. The van der Waals surface area contributed by atoms with Crippen LogP contribution in [0.3, 0.4) is 0 Å². The van der Waals surface area contributed by atoms with Crippen molar-refractivity contribution in [3.8, 4) is 5.69 Å². The molecule has 11 heteroatoms. The molecule has 0 saturated carbocycles. The highest BCUT2D eigenvalue weighted by molar-refractivity contribution is 6.05. The number of fused-ring (bicyclic) bond motifs is 2. The maximum absolute atomic E-state index is 12.9. The third-order valence-electron chi connectivity index (χ3n) is 7.19. The van der Waals surface area contributed by atoms with Crippen LogP contribution in [0.1, 0.15) is 51.2 Å². The summed E-state index contributed by atoms with van der Waals surface area (Å²) in [6.07, 6.45) is 4.19. The van der Waals surface area contributed by atoms with E-state index in [4.69, 9.17) is 0 Å². The Kier molecular flexibility index (Phi) is 5.47. The van der Waals surface area contributed by atoms with Crippen molar-refractivity contribution in [1.82, 2.24) is 25.2 Å². The maximum Gasteiger partial charge on any atom is 0.277 e. The Balaban J connectivity index is 1.18. The minimum atomic E-state index is -0.675. The van der Waals surface area contributed by atoms with E-state index in [1.54, 1.807) is 18.2 Å². The van der Waals surface area contributed by atoms with Gasteiger partial charge in [0, 0.05) is 43.5 Å². The largest absolute Gasteiger partial charge is 0.374 e. The van der Waals surface area contributed by atoms with E-state index < -0.39 is 11.9 Å². The molecule has 6 rings (SSSR count). The number of rotatable bonds is 4. The molecule has 0 aliphatic carbocycles. The van der Waals surface area contributed by atoms with E-state index in [1.165, 1.54) is 21.3 Å². The van der Waals surface area contributed by atoms with Gasteiger partial charge in [0.2, 0.25) is 11.8 Å². The van der Waals surface area contributed by atoms with Crippen LogP contribution >= 0.6 is 0 Å². The molecule has 1 saturated heterocycles. The molecule has 0 bridgehead atoms. The zero-order valence-corrected chi connectivity index (χ0v) is 20.2. The Morgan fingerprint density at radius 1 is 1.08 bits per heavy atom. The van der Waals surface area contributed by atoms with Crippen molar-refractivity contribution in [2.45, 2.75) is 38.3 Å². The number of carbonyl (C=O) groups excluding carboxylic acids is 4. The van der Waals surface area contributed by atoms with Crippen molar-refractivity contribution in [3.63, 3.8) is 0 Å². The number of aromatic nitrogens is 3. The predicted molar refractivity (Wildman–Crippen MR) is 133 cm³/mol. The predicted octanol–water partition coefficient (Wildman–Crippen LogP) is 1.66. The van der Waals surface area contributed by atoms with Crippen LogP contribution in [0, 0.1) is 0 Å². The van der Waals surface area contributed by atoms with Gasteiger partial charge in [-0.3, -0.25) is 24.5 Å². The topological polar surface area (TPSA) is 130 Å². The van der Waals surface area contributed by atoms with Gasteiger partial charge in [0.25, 0.3) is 11.8 Å². The van der Waals surface area contributed by atoms with Gasteiger partial charge < -0.3 is 15.1 Å². The first kappa shape index (κ1) is 22.9. The molecule has 37 heavy (non-hydrogen) atoms. The fraction of sp³-hybridized carbons (Fsp3) is 0.308. The number of nitrogens with zero attached hydrogens (tertiary/aromatic N) is 5. The van der Waals surface area contributed by atoms with E-state index in [-0.39, 0.29) is 36.4 Å². The van der Waals surface area contributed by atoms with Gasteiger partial charge in [-0.05, 0) is 60.7 Å². The van der Waals surface area contributed by atoms with Gasteiger partial charge in [-0.1, -0.05) is 11.3 Å². The summed E-state index contributed by atoms with van der Waals surface area (Å²) in [7, 11) is 2.05. The SMILES string of the molecule is CN1CCCc2ccc(NC(=O)c3cn(-c4ccc5c(c4)CN(C4CCC(=O)NC4=O)C5=O)nn3)cc21. The number of anilines is 2. The van der Waals surface area contributed by atoms with Crippen LogP contribution in [0.4, 0.5) is 11.4 Å². The standard InChI is InChI=1S/C26H25N7O4/c1-31-10-2-3-15-4-5-17(12-22(15)31)27-24(35)20-14-33(30-29-20)18-6-7-19-16(11-18)13-32(26(19)37)21-8-9-23(34)28-25(21)36/h4-7,11-12,14,21H,2-3,8-10,13H2,1H3,(H,27,35)(H,28,34,36). The van der Waals surface area contributed by atoms with Gasteiger partial charge in [0.1, 0.15) is 6.04 Å². The molecule has 3 aliphatic heterocycles. The lowest BCUT2D eigenvalue weighted by atomic mass is 10.0. The van der Waals surface area contributed by atoms with Gasteiger partial charge in [-0.2, -0.15) is 0 Å². The third-order valence-corrected chi connectivity index (χ3v) is 7.19. The summed E-state index contributed by atoms with van der Waals surface area (Å²) < 4.78 is 1.48. The number of hydrogen-bond acceptors (Lipinski definition) is 7. The number of carbonyl (C=O) groups is 4. The first-order valence-electron chi connectivity index (χ1n) is 12.2. The van der Waals surface area contributed by atoms with Crippen LogP contribution in [-0.4, -0.2) is 63.2 Å². The second kappa shape index (κ2) is 8.84. The third kappa shape index (κ3) is 4.11. The minimum Gasteiger partial charge on any atom is -0.374 e. The molecule has 188 valence electrons. The first-order valence-corrected chi connectivity index (χ1v) is 12.2. The second-order valence-electron chi connectivity index (χ2n) is 9.61. The minimum absolute atomic E-state index is 0.160. The molecule has 0 radical (unpaired) electrons. The average Bonchev–Trinajstić information content (AvgIpc) is 3.50. The molecule has 3 aliphatic rings. The molecular formula is C26H25N7O4. The van der Waals surface area contributed by atoms with Crippen molar-refractivity contribution < 1.29 is 19.2 Å². The van der Waals surface area contributed by atoms with Crippen molar-refractivity contribution in [2.75, 3.05) is 23.8 Å². The Morgan fingerprint density at radius 2 is 1.95 bits per heavy atom. The molecule has 0 spiro atoms. The molecule has 2 N–H and O–H groups in total. The fourth-order valence-corrected chi connectivity index (χ4v) is 5.23. The summed E-state index contributed by atoms with van der Waals surface area (Å²) in [6.45, 7) is 1.24. The average molecular weight is 500 g/mol. The maximum atomic E-state index is 12.9. The quantitative estimate of drug-likeness (QED) is 0.522. The van der Waals surface area contributed by atoms with Crippen molar-refractivity contribution >= 4 is 35.0 Å². The van der Waals surface area contributed by atoms with Gasteiger partial charge >= 0.3 is 0 Å². The van der Waals surface area contributed by atoms with Gasteiger partial charge in [0.05, 0.1) is 11.9 Å². The van der Waals surface area contributed by atoms with E-state index in [0.717, 1.165) is 30.6 Å². The van der Waals surface area contributed by atoms with E-state index in [2.05, 4.69) is 25.8 Å². The van der Waals surface area contributed by atoms with Crippen LogP contribution < -0.4 is 15.5 Å². The molecule has 1 aromatic heterocycles. The Labute approximate surface area is 212 Å². The van der Waals surface area contributed by atoms with Crippen LogP contribution in [0.5, 0.6) is 0 Å². The molecule has 3 aromatic rings. The summed E-state index contributed by atoms with van der Waals surface area (Å²) in [6, 6.07) is 10.4. The number of amides is 4. The number of piperidine rings is 1. The second-order valence-corrected chi connectivity index (χ2v) is 9.61. The summed E-state index contributed by atoms with van der Waals surface area (Å²) in [5.74, 6) is -1.39. The van der Waals surface area contributed by atoms with Gasteiger partial charge in [-0.15, -0.1) is 5.10 Å². The lowest BCUT2D eigenvalue weighted by molar-refractivity contribution is -0.136. The van der Waals surface area contributed by atoms with Crippen molar-refractivity contribution in [1.29, 1.82) is 0 Å². The monoisotopic (exact) mass is 499 g/mol. The molecule has 1 fully saturated rings.